The quantitative estimate of drug-likeness (QED) is 0.605. The third-order valence-corrected chi connectivity index (χ3v) is 4.08. The van der Waals surface area contributed by atoms with Gasteiger partial charge in [0.2, 0.25) is 0 Å². The third kappa shape index (κ3) is 4.41. The second-order valence-electron chi connectivity index (χ2n) is 5.43. The Balaban J connectivity index is 2.01. The molecular weight excluding hydrogens is 367 g/mol. The molecule has 0 radical (unpaired) electrons. The molecule has 2 aromatic rings. The minimum Gasteiger partial charge on any atom is -0.451 e. The Kier molecular flexibility index (Phi) is 5.87. The van der Waals surface area contributed by atoms with E-state index in [0.29, 0.717) is 27.5 Å². The molecule has 0 bridgehead atoms. The highest BCUT2D eigenvalue weighted by Crippen LogP contribution is 2.25. The van der Waals surface area contributed by atoms with Gasteiger partial charge in [-0.1, -0.05) is 23.2 Å². The zero-order valence-electron chi connectivity index (χ0n) is 13.8. The van der Waals surface area contributed by atoms with Gasteiger partial charge in [-0.25, -0.2) is 4.79 Å². The number of amides is 1. The summed E-state index contributed by atoms with van der Waals surface area (Å²) in [6.45, 7) is 4.26. The van der Waals surface area contributed by atoms with Crippen LogP contribution in [0.15, 0.2) is 18.2 Å². The lowest BCUT2D eigenvalue weighted by atomic mass is 10.1. The van der Waals surface area contributed by atoms with Gasteiger partial charge in [0.15, 0.2) is 12.4 Å². The Bertz CT molecular complexity index is 859. The molecule has 0 unspecified atom stereocenters. The second-order valence-corrected chi connectivity index (χ2v) is 6.27. The molecule has 0 aliphatic rings. The van der Waals surface area contributed by atoms with E-state index in [2.05, 4.69) is 10.3 Å². The Morgan fingerprint density at radius 2 is 1.88 bits per heavy atom. The molecule has 2 N–H and O–H groups in total. The number of carbonyl (C=O) groups excluding carboxylic acids is 3. The molecule has 1 aromatic carbocycles. The maximum absolute atomic E-state index is 12.1. The average Bonchev–Trinajstić information content (AvgIpc) is 2.82. The lowest BCUT2D eigenvalue weighted by Gasteiger charge is -2.08. The maximum Gasteiger partial charge on any atom is 0.355 e. The van der Waals surface area contributed by atoms with Crippen LogP contribution in [0.1, 0.15) is 39.0 Å². The van der Waals surface area contributed by atoms with E-state index in [1.807, 2.05) is 0 Å². The number of aryl methyl sites for hydroxylation is 1. The lowest BCUT2D eigenvalue weighted by molar-refractivity contribution is -0.119. The van der Waals surface area contributed by atoms with Crippen molar-refractivity contribution in [2.45, 2.75) is 20.8 Å². The molecule has 0 aliphatic heterocycles. The van der Waals surface area contributed by atoms with Gasteiger partial charge in [0.25, 0.3) is 5.91 Å². The molecule has 0 aliphatic carbocycles. The highest BCUT2D eigenvalue weighted by molar-refractivity contribution is 6.36. The molecule has 132 valence electrons. The van der Waals surface area contributed by atoms with Gasteiger partial charge in [-0.2, -0.15) is 0 Å². The first-order valence-electron chi connectivity index (χ1n) is 7.32. The predicted octanol–water partition coefficient (Wildman–Crippen LogP) is 3.94. The summed E-state index contributed by atoms with van der Waals surface area (Å²) in [5, 5.41) is 3.23. The number of esters is 1. The number of hydrogen-bond acceptors (Lipinski definition) is 4. The zero-order chi connectivity index (χ0) is 18.7. The number of carbonyl (C=O) groups is 3. The predicted molar refractivity (Wildman–Crippen MR) is 95.6 cm³/mol. The van der Waals surface area contributed by atoms with Crippen LogP contribution in [-0.2, 0) is 9.53 Å². The van der Waals surface area contributed by atoms with E-state index >= 15 is 0 Å². The summed E-state index contributed by atoms with van der Waals surface area (Å²) < 4.78 is 4.99. The van der Waals surface area contributed by atoms with Crippen LogP contribution in [0, 0.1) is 13.8 Å². The Labute approximate surface area is 154 Å². The number of anilines is 1. The standard InChI is InChI=1S/C17H16Cl2N2O4/c1-8-15(10(3)22)9(2)20-16(8)17(24)25-7-14(23)21-13-5-4-11(18)6-12(13)19/h4-6,20H,7H2,1-3H3,(H,21,23). The van der Waals surface area contributed by atoms with E-state index in [1.165, 1.54) is 13.0 Å². The highest BCUT2D eigenvalue weighted by Gasteiger charge is 2.21. The summed E-state index contributed by atoms with van der Waals surface area (Å²) in [6.07, 6.45) is 0. The summed E-state index contributed by atoms with van der Waals surface area (Å²) >= 11 is 11.7. The molecule has 0 spiro atoms. The fourth-order valence-electron chi connectivity index (χ4n) is 2.46. The molecule has 2 rings (SSSR count). The second kappa shape index (κ2) is 7.72. The SMILES string of the molecule is CC(=O)c1c(C)[nH]c(C(=O)OCC(=O)Nc2ccc(Cl)cc2Cl)c1C. The Morgan fingerprint density at radius 3 is 2.44 bits per heavy atom. The van der Waals surface area contributed by atoms with Gasteiger partial charge in [0.05, 0.1) is 10.7 Å². The molecule has 0 saturated heterocycles. The van der Waals surface area contributed by atoms with Crippen molar-refractivity contribution >= 4 is 46.5 Å². The largest absolute Gasteiger partial charge is 0.451 e. The first-order valence-corrected chi connectivity index (χ1v) is 8.08. The van der Waals surface area contributed by atoms with Crippen molar-refractivity contribution in [3.05, 3.63) is 50.8 Å². The zero-order valence-corrected chi connectivity index (χ0v) is 15.3. The van der Waals surface area contributed by atoms with Crippen LogP contribution < -0.4 is 5.32 Å². The summed E-state index contributed by atoms with van der Waals surface area (Å²) in [5.74, 6) is -1.42. The summed E-state index contributed by atoms with van der Waals surface area (Å²) in [5.41, 5.74) is 2.03. The van der Waals surface area contributed by atoms with Crippen molar-refractivity contribution in [3.8, 4) is 0 Å². The fraction of sp³-hybridized carbons (Fsp3) is 0.235. The number of nitrogens with one attached hydrogen (secondary N) is 2. The van der Waals surface area contributed by atoms with Crippen LogP contribution in [0.4, 0.5) is 5.69 Å². The van der Waals surface area contributed by atoms with Gasteiger partial charge in [-0.15, -0.1) is 0 Å². The summed E-state index contributed by atoms with van der Waals surface area (Å²) in [6, 6.07) is 4.60. The summed E-state index contributed by atoms with van der Waals surface area (Å²) in [4.78, 5) is 38.5. The molecular formula is C17H16Cl2N2O4. The minimum atomic E-state index is -0.717. The Morgan fingerprint density at radius 1 is 1.20 bits per heavy atom. The molecule has 1 amide bonds. The van der Waals surface area contributed by atoms with Crippen molar-refractivity contribution in [1.82, 2.24) is 4.98 Å². The van der Waals surface area contributed by atoms with Crippen LogP contribution >= 0.6 is 23.2 Å². The molecule has 1 heterocycles. The average molecular weight is 383 g/mol. The number of halogens is 2. The number of aromatic nitrogens is 1. The van der Waals surface area contributed by atoms with Crippen LogP contribution in [0.2, 0.25) is 10.0 Å². The van der Waals surface area contributed by atoms with E-state index in [-0.39, 0.29) is 16.5 Å². The maximum atomic E-state index is 12.1. The van der Waals surface area contributed by atoms with Crippen LogP contribution in [0.5, 0.6) is 0 Å². The van der Waals surface area contributed by atoms with Gasteiger partial charge >= 0.3 is 5.97 Å². The first kappa shape index (κ1) is 19.0. The molecule has 0 saturated carbocycles. The fourth-order valence-corrected chi connectivity index (χ4v) is 2.92. The number of benzene rings is 1. The van der Waals surface area contributed by atoms with Crippen molar-refractivity contribution in [1.29, 1.82) is 0 Å². The van der Waals surface area contributed by atoms with Gasteiger partial charge < -0.3 is 15.0 Å². The molecule has 6 nitrogen and oxygen atoms in total. The van der Waals surface area contributed by atoms with Crippen molar-refractivity contribution < 1.29 is 19.1 Å². The van der Waals surface area contributed by atoms with Gasteiger partial charge in [0.1, 0.15) is 5.69 Å². The molecule has 25 heavy (non-hydrogen) atoms. The number of Topliss-reactive ketones (excluding diaryl/α,β-unsaturated/α-hetero) is 1. The minimum absolute atomic E-state index is 0.152. The topological polar surface area (TPSA) is 88.3 Å². The smallest absolute Gasteiger partial charge is 0.355 e. The van der Waals surface area contributed by atoms with E-state index in [4.69, 9.17) is 27.9 Å². The number of H-pyrrole nitrogens is 1. The molecule has 8 heteroatoms. The Hall–Kier alpha value is -2.31. The monoisotopic (exact) mass is 382 g/mol. The van der Waals surface area contributed by atoms with Gasteiger partial charge in [0, 0.05) is 16.3 Å². The van der Waals surface area contributed by atoms with E-state index in [0.717, 1.165) is 0 Å². The number of ketones is 1. The molecule has 1 aromatic heterocycles. The normalized spacial score (nSPS) is 10.4. The number of aromatic amines is 1. The van der Waals surface area contributed by atoms with E-state index in [9.17, 15) is 14.4 Å². The van der Waals surface area contributed by atoms with Gasteiger partial charge in [-0.3, -0.25) is 9.59 Å². The van der Waals surface area contributed by atoms with Crippen molar-refractivity contribution in [2.75, 3.05) is 11.9 Å². The molecule has 0 atom stereocenters. The van der Waals surface area contributed by atoms with E-state index in [1.54, 1.807) is 26.0 Å². The number of hydrogen-bond donors (Lipinski definition) is 2. The van der Waals surface area contributed by atoms with Crippen molar-refractivity contribution in [3.63, 3.8) is 0 Å². The first-order chi connectivity index (χ1) is 11.7. The van der Waals surface area contributed by atoms with Crippen molar-refractivity contribution in [2.24, 2.45) is 0 Å². The summed E-state index contributed by atoms with van der Waals surface area (Å²) in [7, 11) is 0. The lowest BCUT2D eigenvalue weighted by Crippen LogP contribution is -2.21. The van der Waals surface area contributed by atoms with E-state index < -0.39 is 18.5 Å². The number of ether oxygens (including phenoxy) is 1. The number of rotatable bonds is 5. The molecule has 0 fully saturated rings. The van der Waals surface area contributed by atoms with Crippen LogP contribution in [-0.4, -0.2) is 29.3 Å². The third-order valence-electron chi connectivity index (χ3n) is 3.53. The highest BCUT2D eigenvalue weighted by atomic mass is 35.5. The van der Waals surface area contributed by atoms with Gasteiger partial charge in [-0.05, 0) is 44.5 Å². The van der Waals surface area contributed by atoms with Crippen LogP contribution in [0.3, 0.4) is 0 Å². The van der Waals surface area contributed by atoms with Crippen LogP contribution in [0.25, 0.3) is 0 Å².